The number of hydrogen-bond donors (Lipinski definition) is 1. The summed E-state index contributed by atoms with van der Waals surface area (Å²) in [5.41, 5.74) is 8.98. The number of nitrogens with zero attached hydrogens (tertiary/aromatic N) is 2. The number of anilines is 1. The summed E-state index contributed by atoms with van der Waals surface area (Å²) in [6, 6.07) is 6.03. The molecule has 0 aliphatic heterocycles. The predicted octanol–water partition coefficient (Wildman–Crippen LogP) is 2.27. The van der Waals surface area contributed by atoms with Crippen LogP contribution in [0.3, 0.4) is 0 Å². The van der Waals surface area contributed by atoms with Crippen molar-refractivity contribution in [1.82, 2.24) is 9.55 Å². The van der Waals surface area contributed by atoms with Gasteiger partial charge in [0.25, 0.3) is 0 Å². The minimum atomic E-state index is -0.165. The van der Waals surface area contributed by atoms with Crippen LogP contribution in [0.1, 0.15) is 25.3 Å². The highest BCUT2D eigenvalue weighted by atomic mass is 16.5. The molecule has 0 saturated heterocycles. The number of esters is 1. The third-order valence-corrected chi connectivity index (χ3v) is 3.00. The largest absolute Gasteiger partial charge is 0.466 e. The Kier molecular flexibility index (Phi) is 4.04. The molecule has 102 valence electrons. The number of aromatic nitrogens is 2. The molecule has 0 bridgehead atoms. The summed E-state index contributed by atoms with van der Waals surface area (Å²) < 4.78 is 6.85. The smallest absolute Gasteiger partial charge is 0.305 e. The molecule has 2 rings (SSSR count). The number of aryl methyl sites for hydroxylation is 2. The SMILES string of the molecule is CCOC(=O)CCCn1c(N)nc2ccc(C)cc21. The van der Waals surface area contributed by atoms with Crippen LogP contribution in [0.25, 0.3) is 11.0 Å². The maximum atomic E-state index is 11.3. The van der Waals surface area contributed by atoms with Crippen LogP contribution >= 0.6 is 0 Å². The van der Waals surface area contributed by atoms with Gasteiger partial charge >= 0.3 is 5.97 Å². The van der Waals surface area contributed by atoms with Crippen molar-refractivity contribution in [2.24, 2.45) is 0 Å². The van der Waals surface area contributed by atoms with E-state index in [1.807, 2.05) is 30.5 Å². The Balaban J connectivity index is 2.09. The van der Waals surface area contributed by atoms with Crippen LogP contribution in [0.5, 0.6) is 0 Å². The van der Waals surface area contributed by atoms with Crippen LogP contribution < -0.4 is 5.73 Å². The molecular formula is C14H19N3O2. The highest BCUT2D eigenvalue weighted by Gasteiger charge is 2.09. The number of rotatable bonds is 5. The van der Waals surface area contributed by atoms with Crippen molar-refractivity contribution in [2.75, 3.05) is 12.3 Å². The molecule has 0 aliphatic rings. The first-order chi connectivity index (χ1) is 9.11. The third kappa shape index (κ3) is 3.05. The maximum Gasteiger partial charge on any atom is 0.305 e. The summed E-state index contributed by atoms with van der Waals surface area (Å²) >= 11 is 0. The van der Waals surface area contributed by atoms with Crippen LogP contribution in [0, 0.1) is 6.92 Å². The number of nitrogen functional groups attached to an aromatic ring is 1. The first kappa shape index (κ1) is 13.4. The van der Waals surface area contributed by atoms with E-state index in [0.717, 1.165) is 11.0 Å². The minimum absolute atomic E-state index is 0.165. The second kappa shape index (κ2) is 5.73. The summed E-state index contributed by atoms with van der Waals surface area (Å²) in [5, 5.41) is 0. The molecule has 1 aromatic heterocycles. The van der Waals surface area contributed by atoms with Gasteiger partial charge in [-0.3, -0.25) is 4.79 Å². The zero-order valence-electron chi connectivity index (χ0n) is 11.3. The van der Waals surface area contributed by atoms with Gasteiger partial charge < -0.3 is 15.0 Å². The van der Waals surface area contributed by atoms with Crippen LogP contribution in [0.15, 0.2) is 18.2 Å². The second-order valence-corrected chi connectivity index (χ2v) is 4.52. The second-order valence-electron chi connectivity index (χ2n) is 4.52. The van der Waals surface area contributed by atoms with Crippen LogP contribution in [-0.2, 0) is 16.1 Å². The summed E-state index contributed by atoms with van der Waals surface area (Å²) in [6.45, 7) is 4.94. The fraction of sp³-hybridized carbons (Fsp3) is 0.429. The Bertz CT molecular complexity index is 590. The molecule has 0 unspecified atom stereocenters. The molecule has 5 heteroatoms. The number of hydrogen-bond acceptors (Lipinski definition) is 4. The van der Waals surface area contributed by atoms with E-state index in [9.17, 15) is 4.79 Å². The van der Waals surface area contributed by atoms with Crippen molar-refractivity contribution in [3.8, 4) is 0 Å². The highest BCUT2D eigenvalue weighted by Crippen LogP contribution is 2.19. The Morgan fingerprint density at radius 1 is 1.47 bits per heavy atom. The van der Waals surface area contributed by atoms with Crippen LogP contribution in [0.2, 0.25) is 0 Å². The van der Waals surface area contributed by atoms with Gasteiger partial charge in [0.1, 0.15) is 0 Å². The number of benzene rings is 1. The van der Waals surface area contributed by atoms with Gasteiger partial charge in [0.15, 0.2) is 0 Å². The lowest BCUT2D eigenvalue weighted by Crippen LogP contribution is -2.08. The monoisotopic (exact) mass is 261 g/mol. The van der Waals surface area contributed by atoms with Crippen LogP contribution in [-0.4, -0.2) is 22.1 Å². The van der Waals surface area contributed by atoms with Gasteiger partial charge in [-0.2, -0.15) is 0 Å². The van der Waals surface area contributed by atoms with Gasteiger partial charge in [0.05, 0.1) is 17.6 Å². The minimum Gasteiger partial charge on any atom is -0.466 e. The Morgan fingerprint density at radius 2 is 2.26 bits per heavy atom. The van der Waals surface area contributed by atoms with Gasteiger partial charge in [-0.05, 0) is 38.0 Å². The standard InChI is InChI=1S/C14H19N3O2/c1-3-19-13(18)5-4-8-17-12-9-10(2)6-7-11(12)16-14(17)15/h6-7,9H,3-5,8H2,1-2H3,(H2,15,16). The molecule has 0 spiro atoms. The number of fused-ring (bicyclic) bond motifs is 1. The molecule has 1 heterocycles. The first-order valence-electron chi connectivity index (χ1n) is 6.49. The lowest BCUT2D eigenvalue weighted by molar-refractivity contribution is -0.143. The number of nitrogens with two attached hydrogens (primary N) is 1. The molecule has 0 atom stereocenters. The highest BCUT2D eigenvalue weighted by molar-refractivity contribution is 5.79. The summed E-state index contributed by atoms with van der Waals surface area (Å²) in [4.78, 5) is 15.6. The van der Waals surface area contributed by atoms with Gasteiger partial charge in [-0.15, -0.1) is 0 Å². The first-order valence-corrected chi connectivity index (χ1v) is 6.49. The van der Waals surface area contributed by atoms with E-state index in [1.165, 1.54) is 5.56 Å². The number of imidazole rings is 1. The maximum absolute atomic E-state index is 11.3. The normalized spacial score (nSPS) is 10.8. The van der Waals surface area contributed by atoms with E-state index in [4.69, 9.17) is 10.5 Å². The number of carbonyl (C=O) groups is 1. The summed E-state index contributed by atoms with van der Waals surface area (Å²) in [7, 11) is 0. The third-order valence-electron chi connectivity index (χ3n) is 3.00. The molecular weight excluding hydrogens is 242 g/mol. The van der Waals surface area contributed by atoms with Crippen molar-refractivity contribution in [2.45, 2.75) is 33.2 Å². The lowest BCUT2D eigenvalue weighted by atomic mass is 10.2. The van der Waals surface area contributed by atoms with E-state index >= 15 is 0 Å². The molecule has 0 amide bonds. The molecule has 0 radical (unpaired) electrons. The molecule has 0 aliphatic carbocycles. The quantitative estimate of drug-likeness (QED) is 0.838. The van der Waals surface area contributed by atoms with Gasteiger partial charge in [0, 0.05) is 13.0 Å². The molecule has 0 fully saturated rings. The van der Waals surface area contributed by atoms with Gasteiger partial charge in [-0.25, -0.2) is 4.98 Å². The van der Waals surface area contributed by atoms with E-state index in [0.29, 0.717) is 31.9 Å². The fourth-order valence-corrected chi connectivity index (χ4v) is 2.10. The zero-order valence-corrected chi connectivity index (χ0v) is 11.3. The summed E-state index contributed by atoms with van der Waals surface area (Å²) in [6.07, 6.45) is 1.10. The van der Waals surface area contributed by atoms with E-state index in [1.54, 1.807) is 0 Å². The van der Waals surface area contributed by atoms with Crippen LogP contribution in [0.4, 0.5) is 5.95 Å². The van der Waals surface area contributed by atoms with E-state index in [2.05, 4.69) is 11.1 Å². The molecule has 5 nitrogen and oxygen atoms in total. The van der Waals surface area contributed by atoms with Crippen molar-refractivity contribution in [3.05, 3.63) is 23.8 Å². The molecule has 2 aromatic rings. The molecule has 2 N–H and O–H groups in total. The van der Waals surface area contributed by atoms with Crippen molar-refractivity contribution < 1.29 is 9.53 Å². The molecule has 19 heavy (non-hydrogen) atoms. The van der Waals surface area contributed by atoms with E-state index < -0.39 is 0 Å². The number of ether oxygens (including phenoxy) is 1. The molecule has 1 aromatic carbocycles. The average molecular weight is 261 g/mol. The van der Waals surface area contributed by atoms with Crippen molar-refractivity contribution in [1.29, 1.82) is 0 Å². The molecule has 0 saturated carbocycles. The van der Waals surface area contributed by atoms with Gasteiger partial charge in [-0.1, -0.05) is 6.07 Å². The lowest BCUT2D eigenvalue weighted by Gasteiger charge is -2.06. The van der Waals surface area contributed by atoms with E-state index in [-0.39, 0.29) is 5.97 Å². The van der Waals surface area contributed by atoms with Crippen molar-refractivity contribution in [3.63, 3.8) is 0 Å². The van der Waals surface area contributed by atoms with Crippen molar-refractivity contribution >= 4 is 23.0 Å². The Hall–Kier alpha value is -2.04. The summed E-state index contributed by atoms with van der Waals surface area (Å²) in [5.74, 6) is 0.325. The predicted molar refractivity (Wildman–Crippen MR) is 74.7 cm³/mol. The number of carbonyl (C=O) groups excluding carboxylic acids is 1. The fourth-order valence-electron chi connectivity index (χ4n) is 2.10. The zero-order chi connectivity index (χ0) is 13.8. The van der Waals surface area contributed by atoms with Gasteiger partial charge in [0.2, 0.25) is 5.95 Å². The Morgan fingerprint density at radius 3 is 3.00 bits per heavy atom. The average Bonchev–Trinajstić information content (AvgIpc) is 2.66. The topological polar surface area (TPSA) is 70.1 Å². The Labute approximate surface area is 112 Å².